The number of aromatic nitrogens is 1. The van der Waals surface area contributed by atoms with Gasteiger partial charge in [-0.05, 0) is 18.6 Å². The average Bonchev–Trinajstić information content (AvgIpc) is 2.16. The molecule has 0 saturated heterocycles. The van der Waals surface area contributed by atoms with Gasteiger partial charge in [-0.25, -0.2) is 4.79 Å². The summed E-state index contributed by atoms with van der Waals surface area (Å²) >= 11 is 0. The first-order valence-electron chi connectivity index (χ1n) is 4.11. The maximum Gasteiger partial charge on any atom is 0.337 e. The number of nitrogens with zero attached hydrogens (tertiary/aromatic N) is 1. The molecule has 0 fully saturated rings. The van der Waals surface area contributed by atoms with E-state index in [2.05, 4.69) is 4.98 Å². The van der Waals surface area contributed by atoms with E-state index in [1.165, 1.54) is 0 Å². The predicted molar refractivity (Wildman–Crippen MR) is 63.0 cm³/mol. The fraction of sp³-hybridized carbons (Fsp3) is 0.333. The monoisotopic (exact) mass is 252 g/mol. The molecule has 0 aromatic carbocycles. The van der Waals surface area contributed by atoms with E-state index in [-0.39, 0.29) is 30.4 Å². The Kier molecular flexibility index (Phi) is 8.24. The lowest BCUT2D eigenvalue weighted by molar-refractivity contribution is 0.0695. The second-order valence-electron chi connectivity index (χ2n) is 2.66. The van der Waals surface area contributed by atoms with Crippen molar-refractivity contribution >= 4 is 30.8 Å². The first-order valence-corrected chi connectivity index (χ1v) is 4.11. The number of hydrogen-bond acceptors (Lipinski definition) is 3. The number of hydrogen-bond donors (Lipinski definition) is 2. The van der Waals surface area contributed by atoms with E-state index in [1.54, 1.807) is 12.1 Å². The van der Waals surface area contributed by atoms with Gasteiger partial charge in [0.25, 0.3) is 0 Å². The molecule has 0 aliphatic carbocycles. The van der Waals surface area contributed by atoms with Gasteiger partial charge >= 0.3 is 5.97 Å². The summed E-state index contributed by atoms with van der Waals surface area (Å²) in [6.07, 6.45) is 0.607. The van der Waals surface area contributed by atoms with Crippen molar-refractivity contribution in [2.24, 2.45) is 5.73 Å². The van der Waals surface area contributed by atoms with E-state index >= 15 is 0 Å². The lowest BCUT2D eigenvalue weighted by Gasteiger charge is -2.04. The highest BCUT2D eigenvalue weighted by molar-refractivity contribution is 5.88. The van der Waals surface area contributed by atoms with Crippen LogP contribution in [0.1, 0.15) is 28.7 Å². The molecule has 1 heterocycles. The Balaban J connectivity index is 0. The number of aryl methyl sites for hydroxylation is 1. The maximum atomic E-state index is 10.7. The maximum absolute atomic E-state index is 10.7. The average molecular weight is 253 g/mol. The molecule has 0 radical (unpaired) electrons. The fourth-order valence-corrected chi connectivity index (χ4v) is 1.12. The van der Waals surface area contributed by atoms with E-state index in [4.69, 9.17) is 10.8 Å². The lowest BCUT2D eigenvalue weighted by atomic mass is 10.1. The van der Waals surface area contributed by atoms with Crippen molar-refractivity contribution in [3.63, 3.8) is 0 Å². The topological polar surface area (TPSA) is 76.2 Å². The zero-order valence-electron chi connectivity index (χ0n) is 8.27. The molecular formula is C9H14Cl2N2O2. The van der Waals surface area contributed by atoms with Crippen molar-refractivity contribution in [3.05, 3.63) is 29.1 Å². The van der Waals surface area contributed by atoms with Crippen molar-refractivity contribution in [3.8, 4) is 0 Å². The summed E-state index contributed by atoms with van der Waals surface area (Å²) in [5, 5.41) is 8.79. The molecule has 1 rings (SSSR count). The van der Waals surface area contributed by atoms with Crippen LogP contribution in [0.3, 0.4) is 0 Å². The third kappa shape index (κ3) is 4.03. The number of carboxylic acids is 1. The van der Waals surface area contributed by atoms with Crippen LogP contribution in [-0.2, 0) is 13.0 Å². The summed E-state index contributed by atoms with van der Waals surface area (Å²) < 4.78 is 0. The van der Waals surface area contributed by atoms with Crippen LogP contribution in [0.2, 0.25) is 0 Å². The van der Waals surface area contributed by atoms with E-state index < -0.39 is 5.97 Å². The number of carboxylic acid groups (broad SMARTS) is 1. The van der Waals surface area contributed by atoms with E-state index in [0.717, 1.165) is 5.69 Å². The SMILES string of the molecule is CCc1nc(CN)ccc1C(=O)O.Cl.Cl. The second kappa shape index (κ2) is 7.45. The Hall–Kier alpha value is -0.840. The van der Waals surface area contributed by atoms with Crippen molar-refractivity contribution in [2.75, 3.05) is 0 Å². The Morgan fingerprint density at radius 2 is 2.07 bits per heavy atom. The van der Waals surface area contributed by atoms with Crippen LogP contribution in [0, 0.1) is 0 Å². The normalized spacial score (nSPS) is 8.67. The molecule has 3 N–H and O–H groups in total. The quantitative estimate of drug-likeness (QED) is 0.858. The van der Waals surface area contributed by atoms with Gasteiger partial charge in [0, 0.05) is 6.54 Å². The Bertz CT molecular complexity index is 332. The molecular weight excluding hydrogens is 239 g/mol. The molecule has 1 aromatic heterocycles. The standard InChI is InChI=1S/C9H12N2O2.2ClH/c1-2-8-7(9(12)13)4-3-6(5-10)11-8;;/h3-4H,2,5,10H2,1H3,(H,12,13);2*1H. The molecule has 15 heavy (non-hydrogen) atoms. The van der Waals surface area contributed by atoms with Gasteiger partial charge in [0.2, 0.25) is 0 Å². The summed E-state index contributed by atoms with van der Waals surface area (Å²) in [5.41, 5.74) is 6.97. The van der Waals surface area contributed by atoms with E-state index in [0.29, 0.717) is 18.7 Å². The van der Waals surface area contributed by atoms with Crippen LogP contribution in [-0.4, -0.2) is 16.1 Å². The van der Waals surface area contributed by atoms with E-state index in [1.807, 2.05) is 6.92 Å². The highest BCUT2D eigenvalue weighted by atomic mass is 35.5. The van der Waals surface area contributed by atoms with Gasteiger partial charge in [0.15, 0.2) is 0 Å². The van der Waals surface area contributed by atoms with Gasteiger partial charge in [0.1, 0.15) is 0 Å². The van der Waals surface area contributed by atoms with Gasteiger partial charge in [0.05, 0.1) is 17.0 Å². The molecule has 0 saturated carbocycles. The second-order valence-corrected chi connectivity index (χ2v) is 2.66. The van der Waals surface area contributed by atoms with Crippen molar-refractivity contribution in [1.29, 1.82) is 0 Å². The molecule has 0 atom stereocenters. The van der Waals surface area contributed by atoms with Gasteiger partial charge in [-0.2, -0.15) is 0 Å². The molecule has 0 amide bonds. The van der Waals surface area contributed by atoms with Crippen LogP contribution in [0.5, 0.6) is 0 Å². The van der Waals surface area contributed by atoms with Crippen LogP contribution in [0.15, 0.2) is 12.1 Å². The van der Waals surface area contributed by atoms with Crippen LogP contribution in [0.25, 0.3) is 0 Å². The van der Waals surface area contributed by atoms with Crippen molar-refractivity contribution in [1.82, 2.24) is 4.98 Å². The third-order valence-electron chi connectivity index (χ3n) is 1.81. The molecule has 0 aliphatic heterocycles. The lowest BCUT2D eigenvalue weighted by Crippen LogP contribution is -2.08. The summed E-state index contributed by atoms with van der Waals surface area (Å²) in [4.78, 5) is 14.8. The minimum Gasteiger partial charge on any atom is -0.478 e. The van der Waals surface area contributed by atoms with Crippen LogP contribution < -0.4 is 5.73 Å². The predicted octanol–water partition coefficient (Wildman–Crippen LogP) is 1.64. The Labute approximate surface area is 101 Å². The molecule has 0 aliphatic rings. The Morgan fingerprint density at radius 3 is 2.47 bits per heavy atom. The van der Waals surface area contributed by atoms with Gasteiger partial charge < -0.3 is 10.8 Å². The molecule has 6 heteroatoms. The first-order chi connectivity index (χ1) is 6.19. The van der Waals surface area contributed by atoms with Crippen molar-refractivity contribution in [2.45, 2.75) is 19.9 Å². The fourth-order valence-electron chi connectivity index (χ4n) is 1.12. The van der Waals surface area contributed by atoms with Gasteiger partial charge in [-0.1, -0.05) is 6.92 Å². The third-order valence-corrected chi connectivity index (χ3v) is 1.81. The van der Waals surface area contributed by atoms with Crippen LogP contribution >= 0.6 is 24.8 Å². The number of carbonyl (C=O) groups is 1. The zero-order chi connectivity index (χ0) is 9.84. The van der Waals surface area contributed by atoms with Crippen LogP contribution in [0.4, 0.5) is 0 Å². The van der Waals surface area contributed by atoms with Gasteiger partial charge in [-0.15, -0.1) is 24.8 Å². The Morgan fingerprint density at radius 1 is 1.47 bits per heavy atom. The summed E-state index contributed by atoms with van der Waals surface area (Å²) in [5.74, 6) is -0.937. The first kappa shape index (κ1) is 16.6. The highest BCUT2D eigenvalue weighted by Crippen LogP contribution is 2.08. The minimum atomic E-state index is -0.937. The highest BCUT2D eigenvalue weighted by Gasteiger charge is 2.09. The molecule has 1 aromatic rings. The molecule has 0 bridgehead atoms. The molecule has 86 valence electrons. The van der Waals surface area contributed by atoms with Crippen molar-refractivity contribution < 1.29 is 9.90 Å². The van der Waals surface area contributed by atoms with E-state index in [9.17, 15) is 4.79 Å². The van der Waals surface area contributed by atoms with Gasteiger partial charge in [-0.3, -0.25) is 4.98 Å². The molecule has 4 nitrogen and oxygen atoms in total. The summed E-state index contributed by atoms with van der Waals surface area (Å²) in [6.45, 7) is 2.21. The zero-order valence-corrected chi connectivity index (χ0v) is 9.90. The smallest absolute Gasteiger partial charge is 0.337 e. The minimum absolute atomic E-state index is 0. The number of aromatic carboxylic acids is 1. The largest absolute Gasteiger partial charge is 0.478 e. The summed E-state index contributed by atoms with van der Waals surface area (Å²) in [7, 11) is 0. The summed E-state index contributed by atoms with van der Waals surface area (Å²) in [6, 6.07) is 3.19. The molecule has 0 spiro atoms. The number of pyridine rings is 1. The molecule has 0 unspecified atom stereocenters. The number of halogens is 2. The number of nitrogens with two attached hydrogens (primary N) is 1. The number of rotatable bonds is 3.